The summed E-state index contributed by atoms with van der Waals surface area (Å²) in [5.74, 6) is 1.31. The molecule has 1 heterocycles. The summed E-state index contributed by atoms with van der Waals surface area (Å²) < 4.78 is 5.67. The molecule has 0 aromatic carbocycles. The number of H-pyrrole nitrogens is 1. The Kier molecular flexibility index (Phi) is 2.54. The molecule has 2 rings (SSSR count). The highest BCUT2D eigenvalue weighted by atomic mass is 16.5. The standard InChI is InChI=1S/C8H14N4O/c1-6-3-2-4-7(6)13-5-8-9-11-12-10-8/h6-7H,2-5H2,1H3,(H,9,10,11,12)/t6-,7-/m0/s1. The van der Waals surface area contributed by atoms with Crippen LogP contribution in [-0.2, 0) is 11.3 Å². The average molecular weight is 182 g/mol. The molecule has 0 saturated heterocycles. The molecule has 0 radical (unpaired) electrons. The third-order valence-corrected chi connectivity index (χ3v) is 2.60. The van der Waals surface area contributed by atoms with Crippen molar-refractivity contribution in [3.63, 3.8) is 0 Å². The second-order valence-electron chi connectivity index (χ2n) is 3.59. The van der Waals surface area contributed by atoms with Gasteiger partial charge in [0.05, 0.1) is 6.10 Å². The van der Waals surface area contributed by atoms with E-state index in [1.54, 1.807) is 0 Å². The summed E-state index contributed by atoms with van der Waals surface area (Å²) in [4.78, 5) is 0. The topological polar surface area (TPSA) is 63.7 Å². The highest BCUT2D eigenvalue weighted by molar-refractivity contribution is 4.77. The minimum Gasteiger partial charge on any atom is -0.370 e. The molecule has 5 nitrogen and oxygen atoms in total. The van der Waals surface area contributed by atoms with Gasteiger partial charge in [-0.15, -0.1) is 10.2 Å². The van der Waals surface area contributed by atoms with Gasteiger partial charge in [-0.1, -0.05) is 18.6 Å². The van der Waals surface area contributed by atoms with E-state index in [9.17, 15) is 0 Å². The fraction of sp³-hybridized carbons (Fsp3) is 0.875. The molecule has 0 amide bonds. The van der Waals surface area contributed by atoms with Crippen LogP contribution in [0.25, 0.3) is 0 Å². The van der Waals surface area contributed by atoms with Gasteiger partial charge in [-0.2, -0.15) is 5.21 Å². The van der Waals surface area contributed by atoms with E-state index in [0.29, 0.717) is 24.5 Å². The Bertz CT molecular complexity index is 249. The predicted molar refractivity (Wildman–Crippen MR) is 45.8 cm³/mol. The number of aromatic amines is 1. The highest BCUT2D eigenvalue weighted by Gasteiger charge is 2.24. The van der Waals surface area contributed by atoms with Crippen LogP contribution in [0.2, 0.25) is 0 Å². The summed E-state index contributed by atoms with van der Waals surface area (Å²) in [5, 5.41) is 13.5. The number of hydrogen-bond donors (Lipinski definition) is 1. The molecule has 0 unspecified atom stereocenters. The molecule has 1 aromatic heterocycles. The lowest BCUT2D eigenvalue weighted by Gasteiger charge is -2.14. The Morgan fingerprint density at radius 3 is 3.08 bits per heavy atom. The van der Waals surface area contributed by atoms with Gasteiger partial charge in [-0.05, 0) is 18.8 Å². The van der Waals surface area contributed by atoms with Gasteiger partial charge >= 0.3 is 0 Å². The zero-order valence-corrected chi connectivity index (χ0v) is 7.73. The summed E-state index contributed by atoms with van der Waals surface area (Å²) in [6.45, 7) is 2.71. The number of nitrogens with one attached hydrogen (secondary N) is 1. The first-order valence-electron chi connectivity index (χ1n) is 4.70. The van der Waals surface area contributed by atoms with Crippen LogP contribution in [0.3, 0.4) is 0 Å². The first-order chi connectivity index (χ1) is 6.36. The molecule has 1 N–H and O–H groups in total. The molecular weight excluding hydrogens is 168 g/mol. The van der Waals surface area contributed by atoms with Crippen LogP contribution < -0.4 is 0 Å². The van der Waals surface area contributed by atoms with Crippen molar-refractivity contribution in [1.29, 1.82) is 0 Å². The van der Waals surface area contributed by atoms with Crippen molar-refractivity contribution in [2.75, 3.05) is 0 Å². The SMILES string of the molecule is C[C@H]1CCC[C@@H]1OCc1nn[nH]n1. The zero-order chi connectivity index (χ0) is 9.10. The fourth-order valence-electron chi connectivity index (χ4n) is 1.78. The maximum absolute atomic E-state index is 5.67. The molecule has 13 heavy (non-hydrogen) atoms. The maximum atomic E-state index is 5.67. The molecular formula is C8H14N4O. The largest absolute Gasteiger partial charge is 0.370 e. The summed E-state index contributed by atoms with van der Waals surface area (Å²) in [7, 11) is 0. The van der Waals surface area contributed by atoms with E-state index < -0.39 is 0 Å². The number of rotatable bonds is 3. The van der Waals surface area contributed by atoms with E-state index >= 15 is 0 Å². The molecule has 1 saturated carbocycles. The lowest BCUT2D eigenvalue weighted by atomic mass is 10.1. The van der Waals surface area contributed by atoms with Crippen molar-refractivity contribution in [3.05, 3.63) is 5.82 Å². The van der Waals surface area contributed by atoms with E-state index in [1.165, 1.54) is 19.3 Å². The van der Waals surface area contributed by atoms with Crippen molar-refractivity contribution >= 4 is 0 Å². The average Bonchev–Trinajstić information content (AvgIpc) is 2.72. The van der Waals surface area contributed by atoms with E-state index in [4.69, 9.17) is 4.74 Å². The predicted octanol–water partition coefficient (Wildman–Crippen LogP) is 0.905. The van der Waals surface area contributed by atoms with Crippen LogP contribution in [-0.4, -0.2) is 26.7 Å². The van der Waals surface area contributed by atoms with Crippen LogP contribution in [0, 0.1) is 5.92 Å². The van der Waals surface area contributed by atoms with Crippen molar-refractivity contribution in [3.8, 4) is 0 Å². The second-order valence-corrected chi connectivity index (χ2v) is 3.59. The molecule has 2 atom stereocenters. The van der Waals surface area contributed by atoms with E-state index in [-0.39, 0.29) is 0 Å². The molecule has 0 spiro atoms. The first kappa shape index (κ1) is 8.62. The third kappa shape index (κ3) is 2.03. The highest BCUT2D eigenvalue weighted by Crippen LogP contribution is 2.27. The van der Waals surface area contributed by atoms with Crippen LogP contribution in [0.1, 0.15) is 32.0 Å². The molecule has 1 aliphatic carbocycles. The van der Waals surface area contributed by atoms with E-state index in [1.807, 2.05) is 0 Å². The van der Waals surface area contributed by atoms with Gasteiger partial charge in [0.1, 0.15) is 6.61 Å². The minimum atomic E-state index is 0.387. The Morgan fingerprint density at radius 2 is 2.46 bits per heavy atom. The van der Waals surface area contributed by atoms with Crippen molar-refractivity contribution in [1.82, 2.24) is 20.6 Å². The summed E-state index contributed by atoms with van der Waals surface area (Å²) in [6.07, 6.45) is 4.10. The number of aromatic nitrogens is 4. The molecule has 0 aliphatic heterocycles. The second kappa shape index (κ2) is 3.83. The smallest absolute Gasteiger partial charge is 0.200 e. The molecule has 1 fully saturated rings. The molecule has 1 aliphatic rings. The number of tetrazole rings is 1. The fourth-order valence-corrected chi connectivity index (χ4v) is 1.78. The van der Waals surface area contributed by atoms with Gasteiger partial charge in [0.2, 0.25) is 0 Å². The number of nitrogens with zero attached hydrogens (tertiary/aromatic N) is 3. The Balaban J connectivity index is 1.79. The first-order valence-corrected chi connectivity index (χ1v) is 4.70. The Labute approximate surface area is 76.9 Å². The van der Waals surface area contributed by atoms with Crippen molar-refractivity contribution in [2.45, 2.75) is 38.9 Å². The normalized spacial score (nSPS) is 28.1. The minimum absolute atomic E-state index is 0.387. The van der Waals surface area contributed by atoms with Crippen molar-refractivity contribution in [2.24, 2.45) is 5.92 Å². The van der Waals surface area contributed by atoms with Gasteiger partial charge in [0.25, 0.3) is 0 Å². The molecule has 72 valence electrons. The lowest BCUT2D eigenvalue weighted by molar-refractivity contribution is 0.0172. The zero-order valence-electron chi connectivity index (χ0n) is 7.73. The van der Waals surface area contributed by atoms with Crippen LogP contribution >= 0.6 is 0 Å². The summed E-state index contributed by atoms with van der Waals surface area (Å²) in [6, 6.07) is 0. The summed E-state index contributed by atoms with van der Waals surface area (Å²) >= 11 is 0. The van der Waals surface area contributed by atoms with Crippen molar-refractivity contribution < 1.29 is 4.74 Å². The monoisotopic (exact) mass is 182 g/mol. The van der Waals surface area contributed by atoms with Gasteiger partial charge < -0.3 is 4.74 Å². The van der Waals surface area contributed by atoms with Crippen LogP contribution in [0.4, 0.5) is 0 Å². The third-order valence-electron chi connectivity index (χ3n) is 2.60. The molecule has 1 aromatic rings. The summed E-state index contributed by atoms with van der Waals surface area (Å²) in [5.41, 5.74) is 0. The lowest BCUT2D eigenvalue weighted by Crippen LogP contribution is -2.15. The quantitative estimate of drug-likeness (QED) is 0.754. The van der Waals surface area contributed by atoms with Crippen LogP contribution in [0.5, 0.6) is 0 Å². The number of hydrogen-bond acceptors (Lipinski definition) is 4. The van der Waals surface area contributed by atoms with Gasteiger partial charge in [0, 0.05) is 0 Å². The Hall–Kier alpha value is -0.970. The van der Waals surface area contributed by atoms with Crippen LogP contribution in [0.15, 0.2) is 0 Å². The van der Waals surface area contributed by atoms with Gasteiger partial charge in [-0.3, -0.25) is 0 Å². The molecule has 5 heteroatoms. The van der Waals surface area contributed by atoms with Gasteiger partial charge in [-0.25, -0.2) is 0 Å². The number of ether oxygens (including phenoxy) is 1. The molecule has 0 bridgehead atoms. The van der Waals surface area contributed by atoms with E-state index in [2.05, 4.69) is 27.5 Å². The Morgan fingerprint density at radius 1 is 1.54 bits per heavy atom. The maximum Gasteiger partial charge on any atom is 0.200 e. The van der Waals surface area contributed by atoms with Gasteiger partial charge in [0.15, 0.2) is 5.82 Å². The van der Waals surface area contributed by atoms with E-state index in [0.717, 1.165) is 0 Å².